The fraction of sp³-hybridized carbons (Fsp3) is 0.833. The first kappa shape index (κ1) is 15.7. The zero-order chi connectivity index (χ0) is 13.4. The van der Waals surface area contributed by atoms with Gasteiger partial charge in [0.05, 0.1) is 0 Å². The second kappa shape index (κ2) is 8.72. The summed E-state index contributed by atoms with van der Waals surface area (Å²) in [5.41, 5.74) is 0. The van der Waals surface area contributed by atoms with Crippen molar-refractivity contribution in [2.24, 2.45) is 0 Å². The summed E-state index contributed by atoms with van der Waals surface area (Å²) in [4.78, 5) is 2.00. The van der Waals surface area contributed by atoms with Crippen LogP contribution in [0.3, 0.4) is 0 Å². The zero-order valence-corrected chi connectivity index (χ0v) is 13.4. The molecule has 6 heteroatoms. The lowest BCUT2D eigenvalue weighted by molar-refractivity contribution is 0.510. The molecule has 4 nitrogen and oxygen atoms in total. The molecule has 18 heavy (non-hydrogen) atoms. The third-order valence-corrected chi connectivity index (χ3v) is 4.84. The Kier molecular flexibility index (Phi) is 7.62. The van der Waals surface area contributed by atoms with Crippen LogP contribution < -0.4 is 10.2 Å². The van der Waals surface area contributed by atoms with Gasteiger partial charge in [-0.2, -0.15) is 0 Å². The number of hydrogen-bond donors (Lipinski definition) is 1. The maximum atomic E-state index is 4.18. The molecule has 1 aromatic heterocycles. The topological polar surface area (TPSA) is 41.1 Å². The molecule has 0 amide bonds. The van der Waals surface area contributed by atoms with Crippen LogP contribution in [0.2, 0.25) is 0 Å². The molecule has 0 fully saturated rings. The molecule has 0 saturated carbocycles. The molecule has 0 bridgehead atoms. The maximum Gasteiger partial charge on any atom is 0.208 e. The van der Waals surface area contributed by atoms with E-state index in [1.165, 1.54) is 19.3 Å². The summed E-state index contributed by atoms with van der Waals surface area (Å²) in [6, 6.07) is 0.623. The molecule has 0 aliphatic carbocycles. The van der Waals surface area contributed by atoms with Crippen molar-refractivity contribution in [1.82, 2.24) is 15.5 Å². The first-order valence-electron chi connectivity index (χ1n) is 6.50. The van der Waals surface area contributed by atoms with Crippen molar-refractivity contribution in [2.75, 3.05) is 31.3 Å². The zero-order valence-electron chi connectivity index (χ0n) is 11.8. The molecule has 1 atom stereocenters. The first-order chi connectivity index (χ1) is 8.63. The van der Waals surface area contributed by atoms with Gasteiger partial charge in [0.15, 0.2) is 4.34 Å². The standard InChI is InChI=1S/C12H24N4S2/c1-5-8-13-10(2)7-6-9-17-12-15-14-11(18-12)16(3)4/h10,13H,5-9H2,1-4H3. The SMILES string of the molecule is CCCNC(C)CCCSc1nnc(N(C)C)s1. The Hall–Kier alpha value is -0.330. The number of anilines is 1. The minimum atomic E-state index is 0.623. The third kappa shape index (κ3) is 6.02. The van der Waals surface area contributed by atoms with E-state index < -0.39 is 0 Å². The molecule has 0 saturated heterocycles. The molecule has 1 unspecified atom stereocenters. The van der Waals surface area contributed by atoms with Crippen molar-refractivity contribution in [2.45, 2.75) is 43.5 Å². The molecule has 1 N–H and O–H groups in total. The molecule has 0 aromatic carbocycles. The van der Waals surface area contributed by atoms with Gasteiger partial charge < -0.3 is 10.2 Å². The van der Waals surface area contributed by atoms with Crippen molar-refractivity contribution in [3.63, 3.8) is 0 Å². The summed E-state index contributed by atoms with van der Waals surface area (Å²) in [6.07, 6.45) is 3.66. The predicted octanol–water partition coefficient (Wildman–Crippen LogP) is 2.86. The van der Waals surface area contributed by atoms with Gasteiger partial charge >= 0.3 is 0 Å². The van der Waals surface area contributed by atoms with Gasteiger partial charge in [-0.15, -0.1) is 10.2 Å². The molecule has 1 aromatic rings. The Balaban J connectivity index is 2.13. The van der Waals surface area contributed by atoms with Gasteiger partial charge in [-0.1, -0.05) is 30.0 Å². The highest BCUT2D eigenvalue weighted by atomic mass is 32.2. The summed E-state index contributed by atoms with van der Waals surface area (Å²) in [6.45, 7) is 5.58. The molecule has 0 aliphatic rings. The average molecular weight is 288 g/mol. The van der Waals surface area contributed by atoms with E-state index in [0.717, 1.165) is 21.8 Å². The lowest BCUT2D eigenvalue weighted by Gasteiger charge is -2.11. The number of nitrogens with zero attached hydrogens (tertiary/aromatic N) is 3. The van der Waals surface area contributed by atoms with Crippen LogP contribution >= 0.6 is 23.1 Å². The van der Waals surface area contributed by atoms with Gasteiger partial charge in [0.2, 0.25) is 5.13 Å². The van der Waals surface area contributed by atoms with E-state index in [0.29, 0.717) is 6.04 Å². The molecule has 1 rings (SSSR count). The number of aromatic nitrogens is 2. The van der Waals surface area contributed by atoms with Crippen LogP contribution in [0.25, 0.3) is 0 Å². The van der Waals surface area contributed by atoms with Crippen LogP contribution in [0.5, 0.6) is 0 Å². The highest BCUT2D eigenvalue weighted by Gasteiger charge is 2.06. The second-order valence-electron chi connectivity index (χ2n) is 4.59. The highest BCUT2D eigenvalue weighted by molar-refractivity contribution is 8.01. The minimum absolute atomic E-state index is 0.623. The van der Waals surface area contributed by atoms with Crippen LogP contribution in [0.1, 0.15) is 33.1 Å². The Morgan fingerprint density at radius 2 is 2.17 bits per heavy atom. The van der Waals surface area contributed by atoms with Gasteiger partial charge in [-0.25, -0.2) is 0 Å². The Morgan fingerprint density at radius 3 is 2.78 bits per heavy atom. The first-order valence-corrected chi connectivity index (χ1v) is 8.30. The van der Waals surface area contributed by atoms with E-state index in [-0.39, 0.29) is 0 Å². The smallest absolute Gasteiger partial charge is 0.208 e. The highest BCUT2D eigenvalue weighted by Crippen LogP contribution is 2.27. The summed E-state index contributed by atoms with van der Waals surface area (Å²) in [5.74, 6) is 1.13. The van der Waals surface area contributed by atoms with Gasteiger partial charge in [-0.05, 0) is 32.7 Å². The monoisotopic (exact) mass is 288 g/mol. The average Bonchev–Trinajstić information content (AvgIpc) is 2.81. The van der Waals surface area contributed by atoms with Crippen molar-refractivity contribution >= 4 is 28.2 Å². The fourth-order valence-corrected chi connectivity index (χ4v) is 3.28. The van der Waals surface area contributed by atoms with Crippen molar-refractivity contribution < 1.29 is 0 Å². The molecular formula is C12H24N4S2. The van der Waals surface area contributed by atoms with Crippen LogP contribution in [-0.2, 0) is 0 Å². The second-order valence-corrected chi connectivity index (χ2v) is 6.89. The van der Waals surface area contributed by atoms with Crippen LogP contribution in [0.15, 0.2) is 4.34 Å². The van der Waals surface area contributed by atoms with Crippen LogP contribution in [0.4, 0.5) is 5.13 Å². The maximum absolute atomic E-state index is 4.18. The largest absolute Gasteiger partial charge is 0.353 e. The molecular weight excluding hydrogens is 264 g/mol. The van der Waals surface area contributed by atoms with Gasteiger partial charge in [-0.3, -0.25) is 0 Å². The summed E-state index contributed by atoms with van der Waals surface area (Å²) in [7, 11) is 3.99. The predicted molar refractivity (Wildman–Crippen MR) is 81.9 cm³/mol. The van der Waals surface area contributed by atoms with E-state index in [1.807, 2.05) is 30.8 Å². The minimum Gasteiger partial charge on any atom is -0.353 e. The van der Waals surface area contributed by atoms with Gasteiger partial charge in [0.25, 0.3) is 0 Å². The number of thioether (sulfide) groups is 1. The van der Waals surface area contributed by atoms with Crippen LogP contribution in [0, 0.1) is 0 Å². The van der Waals surface area contributed by atoms with E-state index in [9.17, 15) is 0 Å². The van der Waals surface area contributed by atoms with Crippen LogP contribution in [-0.4, -0.2) is 42.6 Å². The molecule has 1 heterocycles. The van der Waals surface area contributed by atoms with Gasteiger partial charge in [0, 0.05) is 25.9 Å². The van der Waals surface area contributed by atoms with Crippen molar-refractivity contribution in [3.8, 4) is 0 Å². The number of hydrogen-bond acceptors (Lipinski definition) is 6. The van der Waals surface area contributed by atoms with E-state index in [2.05, 4.69) is 29.4 Å². The Morgan fingerprint density at radius 1 is 1.39 bits per heavy atom. The molecule has 0 aliphatic heterocycles. The quantitative estimate of drug-likeness (QED) is 0.559. The fourth-order valence-electron chi connectivity index (χ4n) is 1.48. The summed E-state index contributed by atoms with van der Waals surface area (Å²) >= 11 is 3.48. The Labute approximate surface area is 119 Å². The molecule has 0 radical (unpaired) electrons. The Bertz CT molecular complexity index is 328. The lowest BCUT2D eigenvalue weighted by Crippen LogP contribution is -2.26. The van der Waals surface area contributed by atoms with Gasteiger partial charge in [0.1, 0.15) is 0 Å². The normalized spacial score (nSPS) is 12.7. The van der Waals surface area contributed by atoms with E-state index in [4.69, 9.17) is 0 Å². The number of rotatable bonds is 9. The summed E-state index contributed by atoms with van der Waals surface area (Å²) < 4.78 is 1.08. The third-order valence-electron chi connectivity index (χ3n) is 2.53. The van der Waals surface area contributed by atoms with E-state index in [1.54, 1.807) is 11.3 Å². The summed E-state index contributed by atoms with van der Waals surface area (Å²) in [5, 5.41) is 12.8. The van der Waals surface area contributed by atoms with E-state index >= 15 is 0 Å². The van der Waals surface area contributed by atoms with Crippen molar-refractivity contribution in [1.29, 1.82) is 0 Å². The molecule has 104 valence electrons. The number of nitrogens with one attached hydrogen (secondary N) is 1. The van der Waals surface area contributed by atoms with Crippen molar-refractivity contribution in [3.05, 3.63) is 0 Å². The molecule has 0 spiro atoms. The lowest BCUT2D eigenvalue weighted by atomic mass is 10.2.